The third-order valence-electron chi connectivity index (χ3n) is 4.99. The lowest BCUT2D eigenvalue weighted by atomic mass is 10.1. The van der Waals surface area contributed by atoms with Crippen LogP contribution in [-0.2, 0) is 11.8 Å². The fourth-order valence-corrected chi connectivity index (χ4v) is 3.34. The van der Waals surface area contributed by atoms with Crippen molar-refractivity contribution < 1.29 is 26.1 Å². The molecule has 2 N–H and O–H groups in total. The number of aryl methyl sites for hydroxylation is 2. The number of halogens is 2. The van der Waals surface area contributed by atoms with Crippen LogP contribution in [0.25, 0.3) is 16.9 Å². The van der Waals surface area contributed by atoms with Crippen LogP contribution in [0, 0.1) is 6.92 Å². The zero-order valence-electron chi connectivity index (χ0n) is 17.0. The van der Waals surface area contributed by atoms with E-state index in [9.17, 15) is 0 Å². The minimum atomic E-state index is 0. The number of benzene rings is 1. The van der Waals surface area contributed by atoms with Crippen molar-refractivity contribution in [2.45, 2.75) is 6.92 Å². The fourth-order valence-electron chi connectivity index (χ4n) is 3.34. The summed E-state index contributed by atoms with van der Waals surface area (Å²) in [5.74, 6) is 0.430. The normalized spacial score (nSPS) is 14.6. The van der Waals surface area contributed by atoms with Crippen LogP contribution < -0.4 is 27.1 Å². The van der Waals surface area contributed by atoms with E-state index < -0.39 is 0 Å². The van der Waals surface area contributed by atoms with Gasteiger partial charge in [0.15, 0.2) is 5.69 Å². The molecule has 2 aromatic heterocycles. The van der Waals surface area contributed by atoms with E-state index in [0.29, 0.717) is 19.2 Å². The number of imidazole rings is 1. The van der Waals surface area contributed by atoms with Crippen LogP contribution in [0.3, 0.4) is 0 Å². The van der Waals surface area contributed by atoms with Gasteiger partial charge in [-0.05, 0) is 36.2 Å². The van der Waals surface area contributed by atoms with E-state index in [0.717, 1.165) is 35.6 Å². The standard InChI is InChI=1S/C21H25N6O.2BrH/c1-16-7-8-27-15-19(25(2)20(27)13-16)18-5-3-17(4-6-18)14-23-24-21(22)26-9-11-28-12-10-26;;/h3-8,13-15H,9-12H2,1-2H3,(H2,22,24);2*1H/q+1;;/p-1/b23-14+;;. The summed E-state index contributed by atoms with van der Waals surface area (Å²) in [7, 11) is 2.09. The summed E-state index contributed by atoms with van der Waals surface area (Å²) >= 11 is 0. The molecule has 0 radical (unpaired) electrons. The number of hydrogen-bond acceptors (Lipinski definition) is 3. The van der Waals surface area contributed by atoms with E-state index in [2.05, 4.69) is 69.8 Å². The third-order valence-corrected chi connectivity index (χ3v) is 4.99. The molecule has 1 aliphatic rings. The van der Waals surface area contributed by atoms with Gasteiger partial charge in [0, 0.05) is 24.7 Å². The molecule has 4 rings (SSSR count). The lowest BCUT2D eigenvalue weighted by Gasteiger charge is -2.26. The average Bonchev–Trinajstić information content (AvgIpc) is 3.05. The van der Waals surface area contributed by atoms with E-state index in [1.54, 1.807) is 6.21 Å². The second-order valence-corrected chi connectivity index (χ2v) is 6.97. The highest BCUT2D eigenvalue weighted by Crippen LogP contribution is 2.20. The minimum Gasteiger partial charge on any atom is -1.00 e. The van der Waals surface area contributed by atoms with Crippen LogP contribution in [0.2, 0.25) is 0 Å². The predicted octanol–water partition coefficient (Wildman–Crippen LogP) is -0.698. The molecule has 3 heterocycles. The summed E-state index contributed by atoms with van der Waals surface area (Å²) in [5, 5.41) is 8.23. The molecule has 1 fully saturated rings. The molecule has 160 valence electrons. The number of pyridine rings is 1. The first-order valence-electron chi connectivity index (χ1n) is 9.39. The molecule has 0 spiro atoms. The summed E-state index contributed by atoms with van der Waals surface area (Å²) in [6, 6.07) is 12.6. The van der Waals surface area contributed by atoms with E-state index in [4.69, 9.17) is 10.5 Å². The topological polar surface area (TPSA) is 72.2 Å². The number of nitrogens with zero attached hydrogens (tertiary/aromatic N) is 5. The van der Waals surface area contributed by atoms with Gasteiger partial charge < -0.3 is 32.4 Å². The van der Waals surface area contributed by atoms with E-state index in [1.165, 1.54) is 5.56 Å². The van der Waals surface area contributed by atoms with Gasteiger partial charge in [-0.15, -0.1) is 22.1 Å². The van der Waals surface area contributed by atoms with Gasteiger partial charge in [0.1, 0.15) is 6.20 Å². The molecule has 30 heavy (non-hydrogen) atoms. The number of guanidine groups is 1. The zero-order chi connectivity index (χ0) is 19.5. The van der Waals surface area contributed by atoms with Crippen LogP contribution in [0.15, 0.2) is 59.0 Å². The molecular formula is C21H26Br2N6O. The van der Waals surface area contributed by atoms with Gasteiger partial charge >= 0.3 is 0 Å². The Morgan fingerprint density at radius 3 is 2.57 bits per heavy atom. The Morgan fingerprint density at radius 2 is 1.87 bits per heavy atom. The van der Waals surface area contributed by atoms with E-state index >= 15 is 0 Å². The molecule has 0 bridgehead atoms. The third kappa shape index (κ3) is 5.27. The molecule has 1 saturated heterocycles. The Hall–Kier alpha value is -2.23. The molecule has 0 aliphatic carbocycles. The van der Waals surface area contributed by atoms with Crippen molar-refractivity contribution in [3.63, 3.8) is 0 Å². The molecule has 0 amide bonds. The van der Waals surface area contributed by atoms with Crippen molar-refractivity contribution in [2.75, 3.05) is 26.3 Å². The quantitative estimate of drug-likeness (QED) is 0.208. The maximum Gasteiger partial charge on any atom is 0.286 e. The summed E-state index contributed by atoms with van der Waals surface area (Å²) in [6.45, 7) is 4.96. The van der Waals surface area contributed by atoms with Gasteiger partial charge in [-0.2, -0.15) is 5.10 Å². The van der Waals surface area contributed by atoms with Crippen molar-refractivity contribution in [1.29, 1.82) is 0 Å². The van der Waals surface area contributed by atoms with Crippen LogP contribution in [0.5, 0.6) is 0 Å². The van der Waals surface area contributed by atoms with Crippen molar-refractivity contribution in [3.05, 3.63) is 59.9 Å². The summed E-state index contributed by atoms with van der Waals surface area (Å²) in [5.41, 5.74) is 11.7. The highest BCUT2D eigenvalue weighted by Gasteiger charge is 2.15. The molecule has 1 aromatic carbocycles. The molecule has 0 saturated carbocycles. The van der Waals surface area contributed by atoms with Gasteiger partial charge in [-0.25, -0.2) is 8.97 Å². The first-order chi connectivity index (χ1) is 13.6. The molecule has 9 heteroatoms. The molecular weight excluding hydrogens is 512 g/mol. The lowest BCUT2D eigenvalue weighted by molar-refractivity contribution is -0.510. The summed E-state index contributed by atoms with van der Waals surface area (Å²) in [4.78, 5) is 1.98. The maximum absolute atomic E-state index is 5.98. The molecule has 1 aliphatic heterocycles. The highest BCUT2D eigenvalue weighted by molar-refractivity contribution is 8.93. The first-order valence-corrected chi connectivity index (χ1v) is 9.39. The van der Waals surface area contributed by atoms with Crippen LogP contribution in [-0.4, -0.2) is 47.9 Å². The number of nitrogens with two attached hydrogens (primary N) is 1. The fraction of sp³-hybridized carbons (Fsp3) is 0.286. The Morgan fingerprint density at radius 1 is 1.17 bits per heavy atom. The van der Waals surface area contributed by atoms with E-state index in [1.807, 2.05) is 17.0 Å². The molecule has 0 atom stereocenters. The van der Waals surface area contributed by atoms with Gasteiger partial charge in [0.2, 0.25) is 5.96 Å². The monoisotopic (exact) mass is 536 g/mol. The van der Waals surface area contributed by atoms with Gasteiger partial charge in [-0.3, -0.25) is 0 Å². The van der Waals surface area contributed by atoms with Crippen LogP contribution in [0.4, 0.5) is 0 Å². The largest absolute Gasteiger partial charge is 1.00 e. The Balaban J connectivity index is 0.00000160. The van der Waals surface area contributed by atoms with Crippen LogP contribution >= 0.6 is 17.0 Å². The van der Waals surface area contributed by atoms with Gasteiger partial charge in [-0.1, -0.05) is 12.1 Å². The van der Waals surface area contributed by atoms with Gasteiger partial charge in [0.05, 0.1) is 32.7 Å². The number of hydrogen-bond donors (Lipinski definition) is 1. The van der Waals surface area contributed by atoms with E-state index in [-0.39, 0.29) is 34.0 Å². The van der Waals surface area contributed by atoms with Crippen molar-refractivity contribution in [3.8, 4) is 11.3 Å². The van der Waals surface area contributed by atoms with Crippen molar-refractivity contribution in [1.82, 2.24) is 9.47 Å². The number of fused-ring (bicyclic) bond motifs is 1. The SMILES string of the molecule is Br.Cc1cc[n+]2cc(-c3ccc(/C=N/N=C(\N)N4CCOCC4)cc3)n(C)c2c1.[Br-]. The number of aromatic nitrogens is 2. The second-order valence-electron chi connectivity index (χ2n) is 6.97. The maximum atomic E-state index is 5.98. The average molecular weight is 538 g/mol. The zero-order valence-corrected chi connectivity index (χ0v) is 20.3. The number of morpholine rings is 1. The lowest BCUT2D eigenvalue weighted by Crippen LogP contribution is -3.00. The highest BCUT2D eigenvalue weighted by atomic mass is 79.9. The predicted molar refractivity (Wildman–Crippen MR) is 121 cm³/mol. The molecule has 0 unspecified atom stereocenters. The molecule has 3 aromatic rings. The van der Waals surface area contributed by atoms with Gasteiger partial charge in [0.25, 0.3) is 5.65 Å². The second kappa shape index (κ2) is 10.7. The summed E-state index contributed by atoms with van der Waals surface area (Å²) in [6.07, 6.45) is 5.95. The minimum absolute atomic E-state index is 0. The van der Waals surface area contributed by atoms with Crippen LogP contribution in [0.1, 0.15) is 11.1 Å². The van der Waals surface area contributed by atoms with Crippen molar-refractivity contribution >= 4 is 34.8 Å². The molecule has 7 nitrogen and oxygen atoms in total. The first kappa shape index (κ1) is 24.0. The number of ether oxygens (including phenoxy) is 1. The number of rotatable bonds is 3. The Labute approximate surface area is 197 Å². The Kier molecular flexibility index (Phi) is 8.57. The Bertz CT molecular complexity index is 1040. The smallest absolute Gasteiger partial charge is 0.286 e. The van der Waals surface area contributed by atoms with Crippen molar-refractivity contribution in [2.24, 2.45) is 23.0 Å². The summed E-state index contributed by atoms with van der Waals surface area (Å²) < 4.78 is 9.65.